The van der Waals surface area contributed by atoms with Crippen molar-refractivity contribution in [2.45, 2.75) is 59.4 Å². The summed E-state index contributed by atoms with van der Waals surface area (Å²) in [7, 11) is 0. The molecule has 0 saturated carbocycles. The van der Waals surface area contributed by atoms with E-state index in [9.17, 15) is 0 Å². The molecule has 1 heteroatoms. The molecule has 0 spiro atoms. The van der Waals surface area contributed by atoms with Gasteiger partial charge in [-0.2, -0.15) is 0 Å². The Morgan fingerprint density at radius 3 is 2.41 bits per heavy atom. The molecule has 0 radical (unpaired) electrons. The molecule has 0 saturated heterocycles. The van der Waals surface area contributed by atoms with Gasteiger partial charge in [0.15, 0.2) is 0 Å². The van der Waals surface area contributed by atoms with E-state index in [-0.39, 0.29) is 5.41 Å². The van der Waals surface area contributed by atoms with E-state index in [2.05, 4.69) is 51.2 Å². The zero-order valence-corrected chi connectivity index (χ0v) is 12.2. The maximum absolute atomic E-state index is 3.50. The van der Waals surface area contributed by atoms with E-state index in [0.29, 0.717) is 5.92 Å². The smallest absolute Gasteiger partial charge is 0.0208 e. The number of benzene rings is 1. The molecule has 0 fully saturated rings. The summed E-state index contributed by atoms with van der Waals surface area (Å²) in [5, 5.41) is 3.50. The summed E-state index contributed by atoms with van der Waals surface area (Å²) in [5.41, 5.74) is 4.74. The molecule has 0 amide bonds. The van der Waals surface area contributed by atoms with Gasteiger partial charge in [0.1, 0.15) is 0 Å². The van der Waals surface area contributed by atoms with Crippen molar-refractivity contribution in [3.8, 4) is 0 Å². The van der Waals surface area contributed by atoms with Crippen molar-refractivity contribution in [3.05, 3.63) is 34.9 Å². The van der Waals surface area contributed by atoms with Gasteiger partial charge in [-0.3, -0.25) is 0 Å². The molecular formula is C16H27N. The Labute approximate surface area is 107 Å². The maximum atomic E-state index is 3.50. The topological polar surface area (TPSA) is 12.0 Å². The van der Waals surface area contributed by atoms with Crippen molar-refractivity contribution in [2.75, 3.05) is 6.54 Å². The van der Waals surface area contributed by atoms with Gasteiger partial charge in [-0.05, 0) is 22.6 Å². The zero-order valence-electron chi connectivity index (χ0n) is 12.2. The number of nitrogens with one attached hydrogen (secondary N) is 1. The Bertz CT molecular complexity index is 364. The fraction of sp³-hybridized carbons (Fsp3) is 0.625. The van der Waals surface area contributed by atoms with Crippen LogP contribution in [-0.4, -0.2) is 6.54 Å². The predicted molar refractivity (Wildman–Crippen MR) is 76.6 cm³/mol. The lowest BCUT2D eigenvalue weighted by Gasteiger charge is -2.33. The lowest BCUT2D eigenvalue weighted by Crippen LogP contribution is -2.38. The summed E-state index contributed by atoms with van der Waals surface area (Å²) in [6.07, 6.45) is 0. The first-order valence-corrected chi connectivity index (χ1v) is 6.85. The van der Waals surface area contributed by atoms with Gasteiger partial charge >= 0.3 is 0 Å². The molecular weight excluding hydrogens is 206 g/mol. The monoisotopic (exact) mass is 233 g/mol. The second-order valence-electron chi connectivity index (χ2n) is 5.56. The van der Waals surface area contributed by atoms with Crippen LogP contribution in [-0.2, 0) is 12.0 Å². The highest BCUT2D eigenvalue weighted by Crippen LogP contribution is 2.31. The van der Waals surface area contributed by atoms with Crippen molar-refractivity contribution >= 4 is 0 Å². The third kappa shape index (κ3) is 3.10. The van der Waals surface area contributed by atoms with Crippen LogP contribution in [0.15, 0.2) is 18.2 Å². The highest BCUT2D eigenvalue weighted by molar-refractivity contribution is 5.39. The molecule has 0 unspecified atom stereocenters. The van der Waals surface area contributed by atoms with Crippen LogP contribution in [0.2, 0.25) is 0 Å². The zero-order chi connectivity index (χ0) is 13.1. The van der Waals surface area contributed by atoms with Crippen LogP contribution in [0.3, 0.4) is 0 Å². The standard InChI is InChI=1S/C14H21N.C2H6/c1-10(2)11-5-6-13-12(7-11)8-15-9-14(13,3)4;1-2/h5-7,10,15H,8-9H2,1-4H3;1-2H3. The quantitative estimate of drug-likeness (QED) is 0.766. The van der Waals surface area contributed by atoms with Crippen molar-refractivity contribution in [1.82, 2.24) is 5.32 Å². The Hall–Kier alpha value is -0.820. The van der Waals surface area contributed by atoms with Gasteiger partial charge in [0.2, 0.25) is 0 Å². The van der Waals surface area contributed by atoms with Crippen LogP contribution in [0.4, 0.5) is 0 Å². The summed E-state index contributed by atoms with van der Waals surface area (Å²) >= 11 is 0. The third-order valence-corrected chi connectivity index (χ3v) is 3.41. The van der Waals surface area contributed by atoms with Crippen molar-refractivity contribution in [3.63, 3.8) is 0 Å². The Morgan fingerprint density at radius 2 is 1.82 bits per heavy atom. The predicted octanol–water partition coefficient (Wildman–Crippen LogP) is 4.22. The molecule has 1 aromatic rings. The van der Waals surface area contributed by atoms with Gasteiger partial charge in [0.05, 0.1) is 0 Å². The van der Waals surface area contributed by atoms with Gasteiger partial charge in [-0.15, -0.1) is 0 Å². The minimum atomic E-state index is 0.281. The van der Waals surface area contributed by atoms with Crippen LogP contribution < -0.4 is 5.32 Å². The molecule has 0 aliphatic carbocycles. The number of hydrogen-bond acceptors (Lipinski definition) is 1. The lowest BCUT2D eigenvalue weighted by atomic mass is 9.78. The summed E-state index contributed by atoms with van der Waals surface area (Å²) in [6.45, 7) is 15.2. The maximum Gasteiger partial charge on any atom is 0.0208 e. The first-order chi connectivity index (χ1) is 8.00. The van der Waals surface area contributed by atoms with Crippen LogP contribution in [0.25, 0.3) is 0 Å². The van der Waals surface area contributed by atoms with Gasteiger partial charge in [0, 0.05) is 18.5 Å². The number of fused-ring (bicyclic) bond motifs is 1. The Morgan fingerprint density at radius 1 is 1.18 bits per heavy atom. The van der Waals surface area contributed by atoms with Gasteiger partial charge < -0.3 is 5.32 Å². The van der Waals surface area contributed by atoms with Gasteiger partial charge in [0.25, 0.3) is 0 Å². The van der Waals surface area contributed by atoms with Crippen molar-refractivity contribution < 1.29 is 0 Å². The minimum Gasteiger partial charge on any atom is -0.312 e. The van der Waals surface area contributed by atoms with Crippen molar-refractivity contribution in [1.29, 1.82) is 0 Å². The van der Waals surface area contributed by atoms with E-state index in [1.54, 1.807) is 0 Å². The number of hydrogen-bond donors (Lipinski definition) is 1. The summed E-state index contributed by atoms with van der Waals surface area (Å²) in [4.78, 5) is 0. The van der Waals surface area contributed by atoms with Gasteiger partial charge in [-0.25, -0.2) is 0 Å². The average molecular weight is 233 g/mol. The molecule has 2 rings (SSSR count). The van der Waals surface area contributed by atoms with E-state index < -0.39 is 0 Å². The molecule has 1 aromatic carbocycles. The summed E-state index contributed by atoms with van der Waals surface area (Å²) in [6, 6.07) is 6.98. The second kappa shape index (κ2) is 5.68. The van der Waals surface area contributed by atoms with Gasteiger partial charge in [-0.1, -0.05) is 59.7 Å². The largest absolute Gasteiger partial charge is 0.312 e. The van der Waals surface area contributed by atoms with Crippen molar-refractivity contribution in [2.24, 2.45) is 0 Å². The second-order valence-corrected chi connectivity index (χ2v) is 5.56. The molecule has 1 heterocycles. The fourth-order valence-corrected chi connectivity index (χ4v) is 2.38. The highest BCUT2D eigenvalue weighted by Gasteiger charge is 2.26. The molecule has 0 atom stereocenters. The SMILES string of the molecule is CC.CC(C)c1ccc2c(c1)CNCC2(C)C. The molecule has 1 N–H and O–H groups in total. The molecule has 1 aliphatic rings. The van der Waals surface area contributed by atoms with Crippen LogP contribution in [0.5, 0.6) is 0 Å². The minimum absolute atomic E-state index is 0.281. The van der Waals surface area contributed by atoms with E-state index in [4.69, 9.17) is 0 Å². The van der Waals surface area contributed by atoms with E-state index in [1.807, 2.05) is 13.8 Å². The third-order valence-electron chi connectivity index (χ3n) is 3.41. The first-order valence-electron chi connectivity index (χ1n) is 6.85. The fourth-order valence-electron chi connectivity index (χ4n) is 2.38. The molecule has 1 nitrogen and oxygen atoms in total. The number of rotatable bonds is 1. The molecule has 17 heavy (non-hydrogen) atoms. The highest BCUT2D eigenvalue weighted by atomic mass is 14.9. The van der Waals surface area contributed by atoms with Crippen LogP contribution in [0, 0.1) is 0 Å². The van der Waals surface area contributed by atoms with Crippen LogP contribution >= 0.6 is 0 Å². The summed E-state index contributed by atoms with van der Waals surface area (Å²) in [5.74, 6) is 0.625. The lowest BCUT2D eigenvalue weighted by molar-refractivity contribution is 0.434. The molecule has 96 valence electrons. The first kappa shape index (κ1) is 14.2. The summed E-state index contributed by atoms with van der Waals surface area (Å²) < 4.78 is 0. The average Bonchev–Trinajstić information content (AvgIpc) is 2.30. The normalized spacial score (nSPS) is 17.1. The molecule has 0 bridgehead atoms. The van der Waals surface area contributed by atoms with E-state index in [1.165, 1.54) is 16.7 Å². The Balaban J connectivity index is 0.000000686. The van der Waals surface area contributed by atoms with E-state index in [0.717, 1.165) is 13.1 Å². The molecule has 1 aliphatic heterocycles. The molecule has 0 aromatic heterocycles. The Kier molecular flexibility index (Phi) is 4.76. The van der Waals surface area contributed by atoms with Crippen LogP contribution in [0.1, 0.15) is 64.2 Å². The van der Waals surface area contributed by atoms with E-state index >= 15 is 0 Å².